The molecule has 82 valence electrons. The van der Waals surface area contributed by atoms with E-state index in [4.69, 9.17) is 9.47 Å². The van der Waals surface area contributed by atoms with E-state index in [1.165, 1.54) is 0 Å². The highest BCUT2D eigenvalue weighted by Gasteiger charge is 2.23. The van der Waals surface area contributed by atoms with Crippen LogP contribution in [-0.4, -0.2) is 13.2 Å². The van der Waals surface area contributed by atoms with Crippen LogP contribution in [0.3, 0.4) is 0 Å². The lowest BCUT2D eigenvalue weighted by Gasteiger charge is -2.25. The van der Waals surface area contributed by atoms with E-state index in [0.29, 0.717) is 0 Å². The van der Waals surface area contributed by atoms with Gasteiger partial charge in [-0.15, -0.1) is 0 Å². The maximum atomic E-state index is 9.29. The molecule has 0 fully saturated rings. The molecule has 0 unspecified atom stereocenters. The summed E-state index contributed by atoms with van der Waals surface area (Å²) in [5.74, 6) is 1.70. The van der Waals surface area contributed by atoms with Gasteiger partial charge < -0.3 is 9.47 Å². The number of nitriles is 1. The topological polar surface area (TPSA) is 42.2 Å². The minimum Gasteiger partial charge on any atom is -0.493 e. The van der Waals surface area contributed by atoms with Gasteiger partial charge in [-0.25, -0.2) is 0 Å². The quantitative estimate of drug-likeness (QED) is 0.666. The summed E-state index contributed by atoms with van der Waals surface area (Å²) in [6.07, 6.45) is 3.90. The number of hydrogen-bond donors (Lipinski definition) is 0. The van der Waals surface area contributed by atoms with E-state index >= 15 is 0 Å². The van der Waals surface area contributed by atoms with Crippen molar-refractivity contribution in [2.75, 3.05) is 13.2 Å². The first-order valence-electron chi connectivity index (χ1n) is 5.74. The first kappa shape index (κ1) is 9.53. The van der Waals surface area contributed by atoms with Crippen molar-refractivity contribution in [2.24, 2.45) is 0 Å². The lowest BCUT2D eigenvalue weighted by atomic mass is 9.92. The molecule has 3 heteroatoms. The fourth-order valence-corrected chi connectivity index (χ4v) is 2.47. The van der Waals surface area contributed by atoms with Crippen LogP contribution in [0.5, 0.6) is 11.5 Å². The zero-order valence-corrected chi connectivity index (χ0v) is 9.08. The van der Waals surface area contributed by atoms with E-state index in [9.17, 15) is 5.26 Å². The highest BCUT2D eigenvalue weighted by atomic mass is 16.5. The maximum absolute atomic E-state index is 9.29. The van der Waals surface area contributed by atoms with E-state index in [2.05, 4.69) is 6.07 Å². The standard InChI is InChI=1S/C13H13NO2/c14-8-11-9-3-1-5-15-12(9)7-13-10(11)4-2-6-16-13/h7H,1-6H2. The van der Waals surface area contributed by atoms with Crippen LogP contribution in [0, 0.1) is 11.3 Å². The van der Waals surface area contributed by atoms with Crippen molar-refractivity contribution in [1.82, 2.24) is 0 Å². The second-order valence-electron chi connectivity index (χ2n) is 4.22. The molecule has 16 heavy (non-hydrogen) atoms. The highest BCUT2D eigenvalue weighted by Crippen LogP contribution is 2.38. The summed E-state index contributed by atoms with van der Waals surface area (Å²) in [7, 11) is 0. The zero-order valence-electron chi connectivity index (χ0n) is 9.08. The van der Waals surface area contributed by atoms with E-state index in [1.54, 1.807) is 0 Å². The molecule has 3 rings (SSSR count). The van der Waals surface area contributed by atoms with Crippen LogP contribution in [-0.2, 0) is 12.8 Å². The second-order valence-corrected chi connectivity index (χ2v) is 4.22. The van der Waals surface area contributed by atoms with Crippen LogP contribution >= 0.6 is 0 Å². The smallest absolute Gasteiger partial charge is 0.127 e. The number of fused-ring (bicyclic) bond motifs is 2. The van der Waals surface area contributed by atoms with Gasteiger partial charge >= 0.3 is 0 Å². The molecule has 1 aromatic carbocycles. The summed E-state index contributed by atoms with van der Waals surface area (Å²) in [6.45, 7) is 1.49. The third-order valence-corrected chi connectivity index (χ3v) is 3.23. The maximum Gasteiger partial charge on any atom is 0.127 e. The lowest BCUT2D eigenvalue weighted by molar-refractivity contribution is 0.269. The average Bonchev–Trinajstić information content (AvgIpc) is 2.36. The third kappa shape index (κ3) is 1.34. The predicted octanol–water partition coefficient (Wildman–Crippen LogP) is 2.21. The number of benzene rings is 1. The van der Waals surface area contributed by atoms with Crippen LogP contribution < -0.4 is 9.47 Å². The van der Waals surface area contributed by atoms with Crippen LogP contribution in [0.1, 0.15) is 29.5 Å². The van der Waals surface area contributed by atoms with Gasteiger partial charge in [0, 0.05) is 17.2 Å². The lowest BCUT2D eigenvalue weighted by Crippen LogP contribution is -2.15. The molecule has 2 heterocycles. The first-order valence-corrected chi connectivity index (χ1v) is 5.74. The molecule has 3 nitrogen and oxygen atoms in total. The summed E-state index contributed by atoms with van der Waals surface area (Å²) in [6, 6.07) is 4.29. The van der Waals surface area contributed by atoms with Crippen molar-refractivity contribution in [1.29, 1.82) is 5.26 Å². The van der Waals surface area contributed by atoms with E-state index in [-0.39, 0.29) is 0 Å². The fourth-order valence-electron chi connectivity index (χ4n) is 2.47. The predicted molar refractivity (Wildman–Crippen MR) is 58.8 cm³/mol. The van der Waals surface area contributed by atoms with Crippen LogP contribution in [0.2, 0.25) is 0 Å². The zero-order chi connectivity index (χ0) is 11.0. The Bertz CT molecular complexity index is 440. The van der Waals surface area contributed by atoms with Crippen LogP contribution in [0.25, 0.3) is 0 Å². The van der Waals surface area contributed by atoms with Gasteiger partial charge in [0.15, 0.2) is 0 Å². The summed E-state index contributed by atoms with van der Waals surface area (Å²) >= 11 is 0. The van der Waals surface area contributed by atoms with Crippen molar-refractivity contribution in [3.05, 3.63) is 22.8 Å². The molecule has 0 N–H and O–H groups in total. The number of nitrogens with zero attached hydrogens (tertiary/aromatic N) is 1. The molecule has 0 radical (unpaired) electrons. The first-order chi connectivity index (χ1) is 7.90. The summed E-state index contributed by atoms with van der Waals surface area (Å²) in [5, 5.41) is 9.29. The van der Waals surface area contributed by atoms with Crippen molar-refractivity contribution in [3.8, 4) is 17.6 Å². The highest BCUT2D eigenvalue weighted by molar-refractivity contribution is 5.59. The Labute approximate surface area is 94.6 Å². The number of rotatable bonds is 0. The average molecular weight is 215 g/mol. The molecular weight excluding hydrogens is 202 g/mol. The molecule has 0 aliphatic carbocycles. The van der Waals surface area contributed by atoms with Gasteiger partial charge in [0.05, 0.1) is 24.8 Å². The molecule has 0 atom stereocenters. The van der Waals surface area contributed by atoms with Crippen LogP contribution in [0.15, 0.2) is 6.07 Å². The van der Waals surface area contributed by atoms with Gasteiger partial charge in [-0.3, -0.25) is 0 Å². The van der Waals surface area contributed by atoms with Crippen molar-refractivity contribution in [3.63, 3.8) is 0 Å². The molecule has 0 bridgehead atoms. The Morgan fingerprint density at radius 2 is 1.56 bits per heavy atom. The molecule has 0 amide bonds. The van der Waals surface area contributed by atoms with E-state index < -0.39 is 0 Å². The largest absolute Gasteiger partial charge is 0.493 e. The van der Waals surface area contributed by atoms with Crippen LogP contribution in [0.4, 0.5) is 0 Å². The summed E-state index contributed by atoms with van der Waals surface area (Å²) in [5.41, 5.74) is 2.96. The SMILES string of the molecule is N#Cc1c2c(cc3c1CCCO3)OCCC2. The molecular formula is C13H13NO2. The Kier molecular flexibility index (Phi) is 2.21. The Hall–Kier alpha value is -1.69. The monoisotopic (exact) mass is 215 g/mol. The molecule has 2 aliphatic heterocycles. The van der Waals surface area contributed by atoms with Gasteiger partial charge in [-0.2, -0.15) is 5.26 Å². The molecule has 0 saturated heterocycles. The second kappa shape index (κ2) is 3.71. The normalized spacial score (nSPS) is 17.4. The van der Waals surface area contributed by atoms with Gasteiger partial charge in [0.2, 0.25) is 0 Å². The van der Waals surface area contributed by atoms with Gasteiger partial charge in [-0.1, -0.05) is 0 Å². The van der Waals surface area contributed by atoms with Gasteiger partial charge in [0.1, 0.15) is 11.5 Å². The molecule has 0 spiro atoms. The fraction of sp³-hybridized carbons (Fsp3) is 0.462. The van der Waals surface area contributed by atoms with E-state index in [1.807, 2.05) is 6.07 Å². The molecule has 1 aromatic rings. The van der Waals surface area contributed by atoms with Crippen molar-refractivity contribution in [2.45, 2.75) is 25.7 Å². The third-order valence-electron chi connectivity index (χ3n) is 3.23. The number of hydrogen-bond acceptors (Lipinski definition) is 3. The Morgan fingerprint density at radius 3 is 2.06 bits per heavy atom. The number of ether oxygens (including phenoxy) is 2. The molecule has 2 aliphatic rings. The van der Waals surface area contributed by atoms with Crippen molar-refractivity contribution >= 4 is 0 Å². The van der Waals surface area contributed by atoms with E-state index in [0.717, 1.165) is 67.1 Å². The van der Waals surface area contributed by atoms with Gasteiger partial charge in [0.25, 0.3) is 0 Å². The molecule has 0 saturated carbocycles. The van der Waals surface area contributed by atoms with Gasteiger partial charge in [-0.05, 0) is 25.7 Å². The summed E-state index contributed by atoms with van der Waals surface area (Å²) < 4.78 is 11.2. The van der Waals surface area contributed by atoms with Crippen molar-refractivity contribution < 1.29 is 9.47 Å². The minimum absolute atomic E-state index is 0.747. The minimum atomic E-state index is 0.747. The Balaban J connectivity index is 2.21. The summed E-state index contributed by atoms with van der Waals surface area (Å²) in [4.78, 5) is 0. The Morgan fingerprint density at radius 1 is 1.00 bits per heavy atom. The molecule has 0 aromatic heterocycles.